The largest absolute Gasteiger partial charge is 0.479 e. The van der Waals surface area contributed by atoms with Crippen molar-refractivity contribution in [2.75, 3.05) is 13.1 Å². The fourth-order valence-electron chi connectivity index (χ4n) is 0.772. The Morgan fingerprint density at radius 1 is 1.40 bits per heavy atom. The second-order valence-corrected chi connectivity index (χ2v) is 3.35. The number of aliphatic hydroxyl groups is 1. The van der Waals surface area contributed by atoms with Crippen molar-refractivity contribution in [3.63, 3.8) is 0 Å². The van der Waals surface area contributed by atoms with E-state index < -0.39 is 12.1 Å². The zero-order chi connectivity index (χ0) is 11.8. The van der Waals surface area contributed by atoms with Crippen molar-refractivity contribution in [2.24, 2.45) is 0 Å². The van der Waals surface area contributed by atoms with Crippen LogP contribution in [0.4, 0.5) is 0 Å². The van der Waals surface area contributed by atoms with Gasteiger partial charge in [0.25, 0.3) is 0 Å². The number of carboxylic acid groups (broad SMARTS) is 1. The lowest BCUT2D eigenvalue weighted by Crippen LogP contribution is -2.42. The lowest BCUT2D eigenvalue weighted by molar-refractivity contribution is -0.146. The minimum absolute atomic E-state index is 0.126. The Labute approximate surface area is 88.7 Å². The molecule has 2 atom stereocenters. The third-order valence-electron chi connectivity index (χ3n) is 2.00. The van der Waals surface area contributed by atoms with Gasteiger partial charge in [-0.05, 0) is 13.3 Å². The van der Waals surface area contributed by atoms with Gasteiger partial charge in [0, 0.05) is 6.04 Å². The van der Waals surface area contributed by atoms with Crippen LogP contribution in [-0.2, 0) is 9.59 Å². The molecule has 0 saturated carbocycles. The van der Waals surface area contributed by atoms with Gasteiger partial charge >= 0.3 is 5.97 Å². The molecule has 0 rings (SSSR count). The van der Waals surface area contributed by atoms with Gasteiger partial charge in [0.2, 0.25) is 5.91 Å². The minimum Gasteiger partial charge on any atom is -0.479 e. The molecule has 0 fully saturated rings. The van der Waals surface area contributed by atoms with Gasteiger partial charge in [-0.3, -0.25) is 4.79 Å². The van der Waals surface area contributed by atoms with Crippen molar-refractivity contribution >= 4 is 11.9 Å². The molecule has 1 unspecified atom stereocenters. The van der Waals surface area contributed by atoms with Gasteiger partial charge in [0.1, 0.15) is 0 Å². The molecule has 0 aromatic rings. The van der Waals surface area contributed by atoms with Crippen LogP contribution < -0.4 is 10.6 Å². The number of hydrogen-bond donors (Lipinski definition) is 4. The molecule has 0 aromatic heterocycles. The van der Waals surface area contributed by atoms with Crippen molar-refractivity contribution in [1.29, 1.82) is 0 Å². The van der Waals surface area contributed by atoms with E-state index in [9.17, 15) is 9.59 Å². The molecule has 15 heavy (non-hydrogen) atoms. The Morgan fingerprint density at radius 2 is 2.00 bits per heavy atom. The average Bonchev–Trinajstić information content (AvgIpc) is 2.21. The molecule has 0 aliphatic carbocycles. The highest BCUT2D eigenvalue weighted by Crippen LogP contribution is 1.86. The smallest absolute Gasteiger partial charge is 0.334 e. The van der Waals surface area contributed by atoms with Crippen LogP contribution in [-0.4, -0.2) is 47.3 Å². The molecule has 0 heterocycles. The average molecular weight is 218 g/mol. The molecular weight excluding hydrogens is 200 g/mol. The van der Waals surface area contributed by atoms with Crippen molar-refractivity contribution in [3.8, 4) is 0 Å². The molecule has 0 spiro atoms. The number of carboxylic acids is 1. The SMILES string of the molecule is CCC(C)NCC(=O)NC[C@H](O)C(=O)O. The van der Waals surface area contributed by atoms with E-state index in [0.717, 1.165) is 6.42 Å². The van der Waals surface area contributed by atoms with Crippen LogP contribution in [0.1, 0.15) is 20.3 Å². The number of carbonyl (C=O) groups is 2. The number of aliphatic hydroxyl groups excluding tert-OH is 1. The zero-order valence-corrected chi connectivity index (χ0v) is 8.99. The zero-order valence-electron chi connectivity index (χ0n) is 8.99. The van der Waals surface area contributed by atoms with Crippen molar-refractivity contribution in [3.05, 3.63) is 0 Å². The first-order valence-corrected chi connectivity index (χ1v) is 4.88. The van der Waals surface area contributed by atoms with E-state index in [0.29, 0.717) is 0 Å². The molecule has 6 heteroatoms. The summed E-state index contributed by atoms with van der Waals surface area (Å²) in [6.07, 6.45) is -0.636. The number of carbonyl (C=O) groups excluding carboxylic acids is 1. The fourth-order valence-corrected chi connectivity index (χ4v) is 0.772. The Balaban J connectivity index is 3.62. The molecule has 0 radical (unpaired) electrons. The monoisotopic (exact) mass is 218 g/mol. The Kier molecular flexibility index (Phi) is 6.64. The number of aliphatic carboxylic acids is 1. The highest BCUT2D eigenvalue weighted by molar-refractivity contribution is 5.79. The summed E-state index contributed by atoms with van der Waals surface area (Å²) in [5.41, 5.74) is 0. The lowest BCUT2D eigenvalue weighted by Gasteiger charge is -2.12. The first-order valence-electron chi connectivity index (χ1n) is 4.88. The van der Waals surface area contributed by atoms with E-state index in [1.165, 1.54) is 0 Å². The second-order valence-electron chi connectivity index (χ2n) is 3.35. The van der Waals surface area contributed by atoms with Gasteiger partial charge in [-0.25, -0.2) is 4.79 Å². The number of hydrogen-bond acceptors (Lipinski definition) is 4. The van der Waals surface area contributed by atoms with Gasteiger partial charge < -0.3 is 20.8 Å². The summed E-state index contributed by atoms with van der Waals surface area (Å²) < 4.78 is 0. The molecule has 0 aliphatic rings. The van der Waals surface area contributed by atoms with Gasteiger partial charge in [-0.1, -0.05) is 6.92 Å². The molecule has 6 nitrogen and oxygen atoms in total. The topological polar surface area (TPSA) is 98.7 Å². The molecule has 1 amide bonds. The van der Waals surface area contributed by atoms with Crippen LogP contribution in [0, 0.1) is 0 Å². The molecular formula is C9H18N2O4. The summed E-state index contributed by atoms with van der Waals surface area (Å²) in [7, 11) is 0. The summed E-state index contributed by atoms with van der Waals surface area (Å²) in [4.78, 5) is 21.3. The Morgan fingerprint density at radius 3 is 2.47 bits per heavy atom. The first-order chi connectivity index (χ1) is 6.97. The summed E-state index contributed by atoms with van der Waals surface area (Å²) in [5.74, 6) is -1.67. The standard InChI is InChI=1S/C9H18N2O4/c1-3-6(2)10-5-8(13)11-4-7(12)9(14)15/h6-7,10,12H,3-5H2,1-2H3,(H,11,13)(H,14,15)/t6?,7-/m0/s1. The van der Waals surface area contributed by atoms with Crippen molar-refractivity contribution in [1.82, 2.24) is 10.6 Å². The summed E-state index contributed by atoms with van der Waals surface area (Å²) in [6.45, 7) is 3.79. The Bertz CT molecular complexity index is 220. The predicted molar refractivity (Wildman–Crippen MR) is 54.4 cm³/mol. The molecule has 88 valence electrons. The van der Waals surface area contributed by atoms with Crippen molar-refractivity contribution in [2.45, 2.75) is 32.4 Å². The molecule has 0 bridgehead atoms. The maximum Gasteiger partial charge on any atom is 0.334 e. The van der Waals surface area contributed by atoms with Crippen LogP contribution in [0.25, 0.3) is 0 Å². The highest BCUT2D eigenvalue weighted by Gasteiger charge is 2.13. The van der Waals surface area contributed by atoms with Gasteiger partial charge in [-0.2, -0.15) is 0 Å². The lowest BCUT2D eigenvalue weighted by atomic mass is 10.2. The normalized spacial score (nSPS) is 14.3. The van der Waals surface area contributed by atoms with Crippen LogP contribution in [0.5, 0.6) is 0 Å². The van der Waals surface area contributed by atoms with E-state index in [2.05, 4.69) is 10.6 Å². The quantitative estimate of drug-likeness (QED) is 0.436. The maximum atomic E-state index is 11.1. The van der Waals surface area contributed by atoms with E-state index in [4.69, 9.17) is 10.2 Å². The van der Waals surface area contributed by atoms with Gasteiger partial charge in [-0.15, -0.1) is 0 Å². The predicted octanol–water partition coefficient (Wildman–Crippen LogP) is -1.06. The number of rotatable bonds is 7. The fraction of sp³-hybridized carbons (Fsp3) is 0.778. The van der Waals surface area contributed by atoms with E-state index in [1.54, 1.807) is 0 Å². The summed E-state index contributed by atoms with van der Waals surface area (Å²) >= 11 is 0. The van der Waals surface area contributed by atoms with Crippen LogP contribution >= 0.6 is 0 Å². The first kappa shape index (κ1) is 13.9. The number of amides is 1. The van der Waals surface area contributed by atoms with Gasteiger partial charge in [0.05, 0.1) is 13.1 Å². The van der Waals surface area contributed by atoms with E-state index >= 15 is 0 Å². The van der Waals surface area contributed by atoms with Crippen LogP contribution in [0.2, 0.25) is 0 Å². The summed E-state index contributed by atoms with van der Waals surface area (Å²) in [5, 5.41) is 22.5. The van der Waals surface area contributed by atoms with E-state index in [1.807, 2.05) is 13.8 Å². The molecule has 4 N–H and O–H groups in total. The minimum atomic E-state index is -1.54. The molecule has 0 aromatic carbocycles. The van der Waals surface area contributed by atoms with Crippen LogP contribution in [0.3, 0.4) is 0 Å². The van der Waals surface area contributed by atoms with Crippen LogP contribution in [0.15, 0.2) is 0 Å². The van der Waals surface area contributed by atoms with Crippen molar-refractivity contribution < 1.29 is 19.8 Å². The van der Waals surface area contributed by atoms with Gasteiger partial charge in [0.15, 0.2) is 6.10 Å². The number of nitrogens with one attached hydrogen (secondary N) is 2. The molecule has 0 aliphatic heterocycles. The third kappa shape index (κ3) is 6.87. The third-order valence-corrected chi connectivity index (χ3v) is 2.00. The second kappa shape index (κ2) is 7.19. The maximum absolute atomic E-state index is 11.1. The summed E-state index contributed by atoms with van der Waals surface area (Å²) in [6, 6.07) is 0.236. The highest BCUT2D eigenvalue weighted by atomic mass is 16.4. The Hall–Kier alpha value is -1.14. The molecule has 0 saturated heterocycles. The van der Waals surface area contributed by atoms with E-state index in [-0.39, 0.29) is 25.0 Å².